The molecule has 0 fully saturated rings. The highest BCUT2D eigenvalue weighted by Gasteiger charge is 2.09. The molecule has 2 aromatic heterocycles. The quantitative estimate of drug-likeness (QED) is 0.589. The lowest BCUT2D eigenvalue weighted by atomic mass is 10.2. The summed E-state index contributed by atoms with van der Waals surface area (Å²) in [5, 5.41) is 1.47. The van der Waals surface area contributed by atoms with Gasteiger partial charge in [-0.25, -0.2) is 9.97 Å². The Morgan fingerprint density at radius 2 is 1.78 bits per heavy atom. The first-order valence-electron chi connectivity index (χ1n) is 7.24. The number of aromatic amines is 1. The molecular weight excluding hydrogens is 308 g/mol. The first-order chi connectivity index (χ1) is 11.2. The molecule has 0 amide bonds. The van der Waals surface area contributed by atoms with Crippen LogP contribution in [0.5, 0.6) is 0 Å². The van der Waals surface area contributed by atoms with E-state index in [1.54, 1.807) is 29.4 Å². The van der Waals surface area contributed by atoms with Gasteiger partial charge in [0.15, 0.2) is 5.16 Å². The second kappa shape index (κ2) is 5.55. The van der Waals surface area contributed by atoms with E-state index < -0.39 is 0 Å². The van der Waals surface area contributed by atoms with Crippen LogP contribution in [-0.4, -0.2) is 19.5 Å². The Hall–Kier alpha value is -2.60. The molecule has 0 bridgehead atoms. The van der Waals surface area contributed by atoms with Crippen LogP contribution in [0.2, 0.25) is 0 Å². The molecule has 0 radical (unpaired) electrons. The summed E-state index contributed by atoms with van der Waals surface area (Å²) in [7, 11) is 1.76. The van der Waals surface area contributed by atoms with E-state index in [9.17, 15) is 4.79 Å². The SMILES string of the molecule is Cn1c(CSc2nc3ccccc3[nH]2)nc2ccccc2c1=O. The molecule has 0 aliphatic rings. The minimum atomic E-state index is -0.0178. The van der Waals surface area contributed by atoms with E-state index >= 15 is 0 Å². The molecule has 0 aliphatic carbocycles. The van der Waals surface area contributed by atoms with Gasteiger partial charge in [-0.2, -0.15) is 0 Å². The van der Waals surface area contributed by atoms with Gasteiger partial charge >= 0.3 is 0 Å². The first-order valence-corrected chi connectivity index (χ1v) is 8.23. The topological polar surface area (TPSA) is 63.6 Å². The average Bonchev–Trinajstić information content (AvgIpc) is 3.00. The van der Waals surface area contributed by atoms with Crippen LogP contribution in [0.4, 0.5) is 0 Å². The summed E-state index contributed by atoms with van der Waals surface area (Å²) in [5.74, 6) is 1.32. The lowest BCUT2D eigenvalue weighted by molar-refractivity contribution is 0.784. The zero-order valence-corrected chi connectivity index (χ0v) is 13.3. The molecule has 0 atom stereocenters. The number of thioether (sulfide) groups is 1. The number of benzene rings is 2. The molecule has 6 heteroatoms. The Kier molecular flexibility index (Phi) is 3.38. The van der Waals surface area contributed by atoms with Crippen LogP contribution in [0, 0.1) is 0 Å². The van der Waals surface area contributed by atoms with Crippen LogP contribution in [0.1, 0.15) is 5.82 Å². The molecule has 0 unspecified atom stereocenters. The van der Waals surface area contributed by atoms with Crippen molar-refractivity contribution < 1.29 is 0 Å². The van der Waals surface area contributed by atoms with Crippen molar-refractivity contribution in [2.45, 2.75) is 10.9 Å². The van der Waals surface area contributed by atoms with Crippen LogP contribution in [0.25, 0.3) is 21.9 Å². The van der Waals surface area contributed by atoms with Crippen LogP contribution in [-0.2, 0) is 12.8 Å². The van der Waals surface area contributed by atoms with Crippen molar-refractivity contribution in [3.63, 3.8) is 0 Å². The average molecular weight is 322 g/mol. The summed E-state index contributed by atoms with van der Waals surface area (Å²) in [6.07, 6.45) is 0. The summed E-state index contributed by atoms with van der Waals surface area (Å²) in [6.45, 7) is 0. The van der Waals surface area contributed by atoms with E-state index in [0.29, 0.717) is 11.1 Å². The van der Waals surface area contributed by atoms with Crippen LogP contribution in [0.15, 0.2) is 58.5 Å². The molecule has 5 nitrogen and oxygen atoms in total. The minimum Gasteiger partial charge on any atom is -0.333 e. The maximum atomic E-state index is 12.4. The Morgan fingerprint density at radius 3 is 2.61 bits per heavy atom. The van der Waals surface area contributed by atoms with Gasteiger partial charge < -0.3 is 4.98 Å². The van der Waals surface area contributed by atoms with E-state index in [1.807, 2.05) is 42.5 Å². The molecule has 1 N–H and O–H groups in total. The summed E-state index contributed by atoms with van der Waals surface area (Å²) in [4.78, 5) is 24.8. The lowest BCUT2D eigenvalue weighted by Crippen LogP contribution is -2.21. The molecule has 0 aliphatic heterocycles. The fourth-order valence-electron chi connectivity index (χ4n) is 2.52. The third-order valence-electron chi connectivity index (χ3n) is 3.78. The van der Waals surface area contributed by atoms with E-state index in [0.717, 1.165) is 27.5 Å². The predicted molar refractivity (Wildman–Crippen MR) is 92.6 cm³/mol. The van der Waals surface area contributed by atoms with Crippen LogP contribution >= 0.6 is 11.8 Å². The number of hydrogen-bond acceptors (Lipinski definition) is 4. The fourth-order valence-corrected chi connectivity index (χ4v) is 3.39. The maximum absolute atomic E-state index is 12.4. The van der Waals surface area contributed by atoms with Gasteiger partial charge in [0.05, 0.1) is 27.7 Å². The summed E-state index contributed by atoms with van der Waals surface area (Å²) < 4.78 is 1.61. The van der Waals surface area contributed by atoms with Crippen LogP contribution < -0.4 is 5.56 Å². The zero-order valence-electron chi connectivity index (χ0n) is 12.5. The standard InChI is InChI=1S/C17H14N4OS/c1-21-15(18-12-7-3-2-6-11(12)16(21)22)10-23-17-19-13-8-4-5-9-14(13)20-17/h2-9H,10H2,1H3,(H,19,20). The summed E-state index contributed by atoms with van der Waals surface area (Å²) in [5.41, 5.74) is 2.66. The molecule has 114 valence electrons. The number of fused-ring (bicyclic) bond motifs is 2. The van der Waals surface area contributed by atoms with E-state index in [1.165, 1.54) is 0 Å². The van der Waals surface area contributed by atoms with Crippen molar-refractivity contribution in [2.75, 3.05) is 0 Å². The van der Waals surface area contributed by atoms with Gasteiger partial charge in [0, 0.05) is 7.05 Å². The zero-order chi connectivity index (χ0) is 15.8. The Labute approximate surface area is 136 Å². The third-order valence-corrected chi connectivity index (χ3v) is 4.65. The van der Waals surface area contributed by atoms with Crippen molar-refractivity contribution in [1.29, 1.82) is 0 Å². The maximum Gasteiger partial charge on any atom is 0.261 e. The van der Waals surface area contributed by atoms with Gasteiger partial charge in [0.2, 0.25) is 0 Å². The first kappa shape index (κ1) is 14.0. The molecule has 0 spiro atoms. The number of rotatable bonds is 3. The van der Waals surface area contributed by atoms with E-state index in [2.05, 4.69) is 15.0 Å². The van der Waals surface area contributed by atoms with Gasteiger partial charge in [-0.05, 0) is 24.3 Å². The molecule has 4 aromatic rings. The molecule has 0 saturated carbocycles. The Morgan fingerprint density at radius 1 is 1.04 bits per heavy atom. The number of nitrogens with zero attached hydrogens (tertiary/aromatic N) is 3. The number of para-hydroxylation sites is 3. The molecule has 2 heterocycles. The van der Waals surface area contributed by atoms with Crippen molar-refractivity contribution in [3.05, 3.63) is 64.7 Å². The number of H-pyrrole nitrogens is 1. The van der Waals surface area contributed by atoms with Crippen molar-refractivity contribution >= 4 is 33.7 Å². The molecule has 23 heavy (non-hydrogen) atoms. The second-order valence-electron chi connectivity index (χ2n) is 5.26. The smallest absolute Gasteiger partial charge is 0.261 e. The van der Waals surface area contributed by atoms with Crippen molar-refractivity contribution in [3.8, 4) is 0 Å². The lowest BCUT2D eigenvalue weighted by Gasteiger charge is -2.08. The highest BCUT2D eigenvalue weighted by atomic mass is 32.2. The van der Waals surface area contributed by atoms with E-state index in [-0.39, 0.29) is 5.56 Å². The van der Waals surface area contributed by atoms with Gasteiger partial charge in [0.25, 0.3) is 5.56 Å². The van der Waals surface area contributed by atoms with Crippen molar-refractivity contribution in [2.24, 2.45) is 7.05 Å². The van der Waals surface area contributed by atoms with E-state index in [4.69, 9.17) is 0 Å². The highest BCUT2D eigenvalue weighted by Crippen LogP contribution is 2.22. The molecule has 2 aromatic carbocycles. The van der Waals surface area contributed by atoms with Crippen molar-refractivity contribution in [1.82, 2.24) is 19.5 Å². The third kappa shape index (κ3) is 2.51. The normalized spacial score (nSPS) is 11.3. The molecule has 0 saturated heterocycles. The van der Waals surface area contributed by atoms with Gasteiger partial charge in [0.1, 0.15) is 5.82 Å². The Balaban J connectivity index is 1.67. The van der Waals surface area contributed by atoms with Gasteiger partial charge in [-0.3, -0.25) is 9.36 Å². The van der Waals surface area contributed by atoms with Crippen LogP contribution in [0.3, 0.4) is 0 Å². The van der Waals surface area contributed by atoms with Gasteiger partial charge in [-0.15, -0.1) is 0 Å². The fraction of sp³-hybridized carbons (Fsp3) is 0.118. The monoisotopic (exact) mass is 322 g/mol. The number of hydrogen-bond donors (Lipinski definition) is 1. The predicted octanol–water partition coefficient (Wildman–Crippen LogP) is 3.10. The molecule has 4 rings (SSSR count). The number of nitrogens with one attached hydrogen (secondary N) is 1. The summed E-state index contributed by atoms with van der Waals surface area (Å²) >= 11 is 1.54. The summed E-state index contributed by atoms with van der Waals surface area (Å²) in [6, 6.07) is 15.3. The number of aromatic nitrogens is 4. The number of imidazole rings is 1. The second-order valence-corrected chi connectivity index (χ2v) is 6.22. The minimum absolute atomic E-state index is 0.0178. The largest absolute Gasteiger partial charge is 0.333 e. The Bertz CT molecular complexity index is 1030. The highest BCUT2D eigenvalue weighted by molar-refractivity contribution is 7.98. The molecular formula is C17H14N4OS. The van der Waals surface area contributed by atoms with Gasteiger partial charge in [-0.1, -0.05) is 36.0 Å².